The molecule has 140 valence electrons. The summed E-state index contributed by atoms with van der Waals surface area (Å²) in [5.74, 6) is 0.0953. The van der Waals surface area contributed by atoms with Gasteiger partial charge in [-0.15, -0.1) is 11.8 Å². The first kappa shape index (κ1) is 19.6. The van der Waals surface area contributed by atoms with Gasteiger partial charge in [-0.05, 0) is 54.4 Å². The van der Waals surface area contributed by atoms with Gasteiger partial charge in [-0.1, -0.05) is 24.3 Å². The summed E-state index contributed by atoms with van der Waals surface area (Å²) >= 11 is 1.43. The van der Waals surface area contributed by atoms with E-state index in [1.54, 1.807) is 42.6 Å². The number of hydrogen-bond donors (Lipinski definition) is 1. The first-order valence-corrected chi connectivity index (χ1v) is 9.68. The lowest BCUT2D eigenvalue weighted by atomic mass is 10.1. The molecule has 1 heterocycles. The van der Waals surface area contributed by atoms with Crippen LogP contribution in [-0.2, 0) is 5.75 Å². The molecule has 0 aliphatic rings. The number of nitriles is 1. The van der Waals surface area contributed by atoms with Crippen molar-refractivity contribution in [2.24, 2.45) is 0 Å². The maximum absolute atomic E-state index is 13.0. The van der Waals surface area contributed by atoms with E-state index in [0.717, 1.165) is 11.1 Å². The fraction of sp³-hybridized carbons (Fsp3) is 0.136. The van der Waals surface area contributed by atoms with Crippen molar-refractivity contribution < 1.29 is 9.18 Å². The van der Waals surface area contributed by atoms with Gasteiger partial charge in [0.05, 0.1) is 23.2 Å². The van der Waals surface area contributed by atoms with Gasteiger partial charge in [-0.25, -0.2) is 9.37 Å². The number of halogens is 1. The minimum absolute atomic E-state index is 0.213. The van der Waals surface area contributed by atoms with Crippen molar-refractivity contribution in [2.45, 2.75) is 23.7 Å². The number of thioether (sulfide) groups is 1. The number of pyridine rings is 1. The number of benzene rings is 2. The van der Waals surface area contributed by atoms with Gasteiger partial charge in [0.25, 0.3) is 5.91 Å². The second kappa shape index (κ2) is 9.16. The molecule has 0 bridgehead atoms. The first-order valence-electron chi connectivity index (χ1n) is 8.70. The molecule has 2 aromatic carbocycles. The van der Waals surface area contributed by atoms with Gasteiger partial charge >= 0.3 is 0 Å². The summed E-state index contributed by atoms with van der Waals surface area (Å²) in [6.45, 7) is 1.89. The van der Waals surface area contributed by atoms with Gasteiger partial charge in [0, 0.05) is 11.9 Å². The van der Waals surface area contributed by atoms with E-state index in [1.165, 1.54) is 23.9 Å². The van der Waals surface area contributed by atoms with Crippen molar-refractivity contribution in [1.29, 1.82) is 5.26 Å². The van der Waals surface area contributed by atoms with Crippen molar-refractivity contribution in [1.82, 2.24) is 10.3 Å². The maximum Gasteiger partial charge on any atom is 0.254 e. The van der Waals surface area contributed by atoms with Crippen LogP contribution in [0.2, 0.25) is 0 Å². The van der Waals surface area contributed by atoms with E-state index in [2.05, 4.69) is 16.4 Å². The number of hydrogen-bond acceptors (Lipinski definition) is 4. The number of aromatic nitrogens is 1. The zero-order valence-electron chi connectivity index (χ0n) is 15.2. The predicted octanol–water partition coefficient (Wildman–Crippen LogP) is 4.88. The van der Waals surface area contributed by atoms with Gasteiger partial charge < -0.3 is 5.32 Å². The minimum Gasteiger partial charge on any atom is -0.345 e. The van der Waals surface area contributed by atoms with E-state index in [0.29, 0.717) is 21.9 Å². The number of carbonyl (C=O) groups is 1. The van der Waals surface area contributed by atoms with Gasteiger partial charge in [0.15, 0.2) is 0 Å². The van der Waals surface area contributed by atoms with Crippen molar-refractivity contribution in [3.8, 4) is 6.07 Å². The van der Waals surface area contributed by atoms with Crippen LogP contribution < -0.4 is 5.32 Å². The molecule has 0 aliphatic carbocycles. The van der Waals surface area contributed by atoms with Crippen molar-refractivity contribution in [2.75, 3.05) is 0 Å². The van der Waals surface area contributed by atoms with Crippen molar-refractivity contribution in [3.05, 3.63) is 94.9 Å². The van der Waals surface area contributed by atoms with Gasteiger partial charge in [-0.3, -0.25) is 4.79 Å². The fourth-order valence-electron chi connectivity index (χ4n) is 2.62. The Kier molecular flexibility index (Phi) is 6.41. The topological polar surface area (TPSA) is 65.8 Å². The highest BCUT2D eigenvalue weighted by Crippen LogP contribution is 2.25. The predicted molar refractivity (Wildman–Crippen MR) is 107 cm³/mol. The Labute approximate surface area is 167 Å². The summed E-state index contributed by atoms with van der Waals surface area (Å²) in [7, 11) is 0. The number of amides is 1. The number of rotatable bonds is 6. The molecule has 3 aromatic rings. The third-order valence-electron chi connectivity index (χ3n) is 4.19. The highest BCUT2D eigenvalue weighted by atomic mass is 32.2. The number of nitrogens with one attached hydrogen (secondary N) is 1. The molecule has 0 saturated carbocycles. The van der Waals surface area contributed by atoms with Crippen LogP contribution in [-0.4, -0.2) is 10.9 Å². The van der Waals surface area contributed by atoms with Crippen LogP contribution in [0.15, 0.2) is 71.9 Å². The van der Waals surface area contributed by atoms with E-state index in [4.69, 9.17) is 5.26 Å². The zero-order chi connectivity index (χ0) is 19.9. The summed E-state index contributed by atoms with van der Waals surface area (Å²) in [6, 6.07) is 18.7. The highest BCUT2D eigenvalue weighted by Gasteiger charge is 2.16. The summed E-state index contributed by atoms with van der Waals surface area (Å²) in [4.78, 5) is 17.1. The van der Waals surface area contributed by atoms with E-state index < -0.39 is 0 Å². The molecule has 28 heavy (non-hydrogen) atoms. The first-order chi connectivity index (χ1) is 13.6. The second-order valence-corrected chi connectivity index (χ2v) is 7.16. The minimum atomic E-state index is -0.275. The highest BCUT2D eigenvalue weighted by molar-refractivity contribution is 7.98. The lowest BCUT2D eigenvalue weighted by molar-refractivity contribution is 0.0936. The Morgan fingerprint density at radius 3 is 2.57 bits per heavy atom. The molecule has 0 saturated heterocycles. The molecule has 6 heteroatoms. The molecule has 1 atom stereocenters. The van der Waals surface area contributed by atoms with Gasteiger partial charge in [0.1, 0.15) is 10.8 Å². The number of carbonyl (C=O) groups excluding carboxylic acids is 1. The van der Waals surface area contributed by atoms with Crippen LogP contribution >= 0.6 is 11.8 Å². The van der Waals surface area contributed by atoms with Gasteiger partial charge in [-0.2, -0.15) is 5.26 Å². The SMILES string of the molecule is C[C@H](NC(=O)c1cccnc1SCc1ccc(F)cc1)c1ccc(C#N)cc1. The Balaban J connectivity index is 1.69. The Bertz CT molecular complexity index is 998. The molecule has 1 N–H and O–H groups in total. The Morgan fingerprint density at radius 2 is 1.89 bits per heavy atom. The van der Waals surface area contributed by atoms with Crippen molar-refractivity contribution in [3.63, 3.8) is 0 Å². The molecular weight excluding hydrogens is 373 g/mol. The summed E-state index contributed by atoms with van der Waals surface area (Å²) in [5, 5.41) is 12.5. The largest absolute Gasteiger partial charge is 0.345 e. The molecule has 4 nitrogen and oxygen atoms in total. The van der Waals surface area contributed by atoms with Crippen LogP contribution in [0.1, 0.15) is 40.0 Å². The van der Waals surface area contributed by atoms with Crippen molar-refractivity contribution >= 4 is 17.7 Å². The van der Waals surface area contributed by atoms with E-state index in [-0.39, 0.29) is 17.8 Å². The molecule has 0 radical (unpaired) electrons. The van der Waals surface area contributed by atoms with E-state index in [9.17, 15) is 9.18 Å². The van der Waals surface area contributed by atoms with E-state index in [1.807, 2.05) is 19.1 Å². The molecule has 0 unspecified atom stereocenters. The second-order valence-electron chi connectivity index (χ2n) is 6.20. The Morgan fingerprint density at radius 1 is 1.18 bits per heavy atom. The fourth-order valence-corrected chi connectivity index (χ4v) is 3.56. The lowest BCUT2D eigenvalue weighted by Gasteiger charge is -2.15. The number of nitrogens with zero attached hydrogens (tertiary/aromatic N) is 2. The molecule has 0 spiro atoms. The monoisotopic (exact) mass is 391 g/mol. The summed E-state index contributed by atoms with van der Waals surface area (Å²) in [6.07, 6.45) is 1.65. The average molecular weight is 391 g/mol. The van der Waals surface area contributed by atoms with Gasteiger partial charge in [0.2, 0.25) is 0 Å². The summed E-state index contributed by atoms with van der Waals surface area (Å²) < 4.78 is 13.0. The molecule has 0 fully saturated rings. The quantitative estimate of drug-likeness (QED) is 0.609. The smallest absolute Gasteiger partial charge is 0.254 e. The van der Waals surface area contributed by atoms with Crippen LogP contribution in [0.25, 0.3) is 0 Å². The van der Waals surface area contributed by atoms with Crippen LogP contribution in [0, 0.1) is 17.1 Å². The molecule has 3 rings (SSSR count). The third kappa shape index (κ3) is 4.96. The summed E-state index contributed by atoms with van der Waals surface area (Å²) in [5.41, 5.74) is 2.94. The third-order valence-corrected chi connectivity index (χ3v) is 5.27. The van der Waals surface area contributed by atoms with Crippen LogP contribution in [0.4, 0.5) is 4.39 Å². The maximum atomic E-state index is 13.0. The normalized spacial score (nSPS) is 11.5. The lowest BCUT2D eigenvalue weighted by Crippen LogP contribution is -2.27. The van der Waals surface area contributed by atoms with E-state index >= 15 is 0 Å². The molecular formula is C22H18FN3OS. The Hall–Kier alpha value is -3.17. The standard InChI is InChI=1S/C22H18FN3OS/c1-15(18-8-4-16(13-24)5-9-18)26-21(27)20-3-2-12-25-22(20)28-14-17-6-10-19(23)11-7-17/h2-12,15H,14H2,1H3,(H,26,27)/t15-/m0/s1. The van der Waals surface area contributed by atoms with Crippen LogP contribution in [0.5, 0.6) is 0 Å². The molecule has 0 aliphatic heterocycles. The average Bonchev–Trinajstić information content (AvgIpc) is 2.73. The van der Waals surface area contributed by atoms with Crippen LogP contribution in [0.3, 0.4) is 0 Å². The molecule has 1 amide bonds. The zero-order valence-corrected chi connectivity index (χ0v) is 16.0. The molecule has 1 aromatic heterocycles.